The van der Waals surface area contributed by atoms with Crippen molar-refractivity contribution in [3.05, 3.63) is 32.5 Å². The number of hydrogen-bond acceptors (Lipinski definition) is 8. The number of pyridine rings is 2. The minimum atomic E-state index is -0.614. The van der Waals surface area contributed by atoms with E-state index in [1.54, 1.807) is 4.90 Å². The molecule has 0 amide bonds. The van der Waals surface area contributed by atoms with Gasteiger partial charge >= 0.3 is 0 Å². The summed E-state index contributed by atoms with van der Waals surface area (Å²) in [5, 5.41) is 4.20. The lowest BCUT2D eigenvalue weighted by Crippen LogP contribution is -2.25. The van der Waals surface area contributed by atoms with Crippen LogP contribution in [0.2, 0.25) is 0 Å². The molecule has 1 unspecified atom stereocenters. The summed E-state index contributed by atoms with van der Waals surface area (Å²) in [7, 11) is 1.46. The molecule has 0 radical (unpaired) electrons. The lowest BCUT2D eigenvalue weighted by atomic mass is 10.1. The summed E-state index contributed by atoms with van der Waals surface area (Å²) in [4.78, 5) is 36.8. The number of oxime groups is 1. The topological polar surface area (TPSA) is 119 Å². The first-order chi connectivity index (χ1) is 14.0. The van der Waals surface area contributed by atoms with Crippen molar-refractivity contribution in [1.82, 2.24) is 13.9 Å². The van der Waals surface area contributed by atoms with Crippen LogP contribution in [0.1, 0.15) is 18.9 Å². The number of anilines is 1. The first kappa shape index (κ1) is 18.3. The van der Waals surface area contributed by atoms with Crippen molar-refractivity contribution in [3.8, 4) is 0 Å². The van der Waals surface area contributed by atoms with Gasteiger partial charge in [0, 0.05) is 25.0 Å². The van der Waals surface area contributed by atoms with Gasteiger partial charge < -0.3 is 20.0 Å². The molecule has 1 saturated heterocycles. The maximum atomic E-state index is 15.0. The molecular weight excluding hydrogens is 399 g/mol. The number of H-pyrrole nitrogens is 1. The Labute approximate surface area is 167 Å². The largest absolute Gasteiger partial charge is 0.399 e. The fourth-order valence-corrected chi connectivity index (χ4v) is 4.87. The van der Waals surface area contributed by atoms with Crippen molar-refractivity contribution >= 4 is 44.3 Å². The lowest BCUT2D eigenvalue weighted by Gasteiger charge is -2.19. The summed E-state index contributed by atoms with van der Waals surface area (Å²) in [5.41, 5.74) is 6.02. The molecule has 3 aromatic heterocycles. The van der Waals surface area contributed by atoms with E-state index in [9.17, 15) is 9.59 Å². The predicted octanol–water partition coefficient (Wildman–Crippen LogP) is 1.17. The summed E-state index contributed by atoms with van der Waals surface area (Å²) in [5.74, 6) is -0.527. The highest BCUT2D eigenvalue weighted by molar-refractivity contribution is 7.12. The van der Waals surface area contributed by atoms with Crippen LogP contribution in [0, 0.1) is 11.7 Å². The molecule has 3 aromatic rings. The third kappa shape index (κ3) is 2.76. The minimum absolute atomic E-state index is 0.0603. The fraction of sp³-hybridized carbons (Fsp3) is 0.444. The third-order valence-electron chi connectivity index (χ3n) is 5.51. The second-order valence-electron chi connectivity index (χ2n) is 7.39. The number of rotatable bonds is 4. The summed E-state index contributed by atoms with van der Waals surface area (Å²) < 4.78 is 19.6. The Hall–Kier alpha value is -2.79. The van der Waals surface area contributed by atoms with Gasteiger partial charge in [-0.15, -0.1) is 0 Å². The van der Waals surface area contributed by atoms with Gasteiger partial charge in [0.05, 0.1) is 17.6 Å². The number of aromatic amines is 1. The monoisotopic (exact) mass is 418 g/mol. The standard InChI is InChI=1S/C18H19FN6O3S/c1-28-22-12-7-24(6-8(12)5-20)16-11(19)4-10-14(26)13-17(27)23-29-18(13)25(9-2-3-9)15(10)21-16/h4,8-9H,2-3,5-7,20H2,1H3,(H,23,27)/b22-12+. The Morgan fingerprint density at radius 1 is 1.45 bits per heavy atom. The van der Waals surface area contributed by atoms with E-state index in [4.69, 9.17) is 10.6 Å². The molecule has 2 aliphatic rings. The van der Waals surface area contributed by atoms with Crippen LogP contribution < -0.4 is 21.6 Å². The molecule has 9 nitrogen and oxygen atoms in total. The zero-order valence-corrected chi connectivity index (χ0v) is 16.5. The van der Waals surface area contributed by atoms with Crippen LogP contribution in [0.5, 0.6) is 0 Å². The number of nitrogens with two attached hydrogens (primary N) is 1. The van der Waals surface area contributed by atoms with Gasteiger partial charge in [0.2, 0.25) is 5.43 Å². The molecule has 4 heterocycles. The highest BCUT2D eigenvalue weighted by Crippen LogP contribution is 2.40. The second kappa shape index (κ2) is 6.63. The van der Waals surface area contributed by atoms with Crippen LogP contribution >= 0.6 is 11.5 Å². The first-order valence-corrected chi connectivity index (χ1v) is 10.2. The van der Waals surface area contributed by atoms with Crippen LogP contribution in [0.3, 0.4) is 0 Å². The molecule has 152 valence electrons. The van der Waals surface area contributed by atoms with Gasteiger partial charge in [-0.3, -0.25) is 14.0 Å². The molecule has 0 bridgehead atoms. The normalized spacial score (nSPS) is 21.0. The summed E-state index contributed by atoms with van der Waals surface area (Å²) in [6.45, 7) is 1.17. The van der Waals surface area contributed by atoms with E-state index in [-0.39, 0.29) is 28.6 Å². The second-order valence-corrected chi connectivity index (χ2v) is 8.18. The number of hydrogen-bond donors (Lipinski definition) is 2. The summed E-state index contributed by atoms with van der Waals surface area (Å²) >= 11 is 1.12. The Bertz CT molecular complexity index is 1270. The Balaban J connectivity index is 1.73. The zero-order chi connectivity index (χ0) is 20.3. The van der Waals surface area contributed by atoms with E-state index in [0.717, 1.165) is 30.1 Å². The number of aromatic nitrogens is 3. The molecule has 1 saturated carbocycles. The van der Waals surface area contributed by atoms with Crippen LogP contribution in [0.15, 0.2) is 20.8 Å². The molecule has 5 rings (SSSR count). The van der Waals surface area contributed by atoms with Crippen molar-refractivity contribution in [1.29, 1.82) is 0 Å². The molecule has 3 N–H and O–H groups in total. The van der Waals surface area contributed by atoms with Gasteiger partial charge in [0.1, 0.15) is 23.0 Å². The van der Waals surface area contributed by atoms with Gasteiger partial charge in [-0.05, 0) is 30.4 Å². The summed E-state index contributed by atoms with van der Waals surface area (Å²) in [6.07, 6.45) is 1.86. The molecule has 0 spiro atoms. The lowest BCUT2D eigenvalue weighted by molar-refractivity contribution is 0.211. The zero-order valence-electron chi connectivity index (χ0n) is 15.6. The van der Waals surface area contributed by atoms with Gasteiger partial charge in [-0.1, -0.05) is 5.16 Å². The molecule has 1 atom stereocenters. The number of nitrogens with zero attached hydrogens (tertiary/aromatic N) is 4. The SMILES string of the molecule is CO/N=C1\CN(c2nc3c(cc2F)c(=O)c2c(=O)[nH]sc2n3C2CC2)CC1CN. The van der Waals surface area contributed by atoms with Crippen molar-refractivity contribution in [2.24, 2.45) is 16.8 Å². The van der Waals surface area contributed by atoms with E-state index in [0.29, 0.717) is 30.1 Å². The van der Waals surface area contributed by atoms with Crippen molar-refractivity contribution in [2.45, 2.75) is 18.9 Å². The van der Waals surface area contributed by atoms with Gasteiger partial charge in [-0.25, -0.2) is 9.37 Å². The third-order valence-corrected chi connectivity index (χ3v) is 6.39. The molecule has 11 heteroatoms. The average molecular weight is 418 g/mol. The Morgan fingerprint density at radius 2 is 2.24 bits per heavy atom. The molecule has 0 aromatic carbocycles. The molecule has 2 fully saturated rings. The van der Waals surface area contributed by atoms with Crippen LogP contribution in [-0.2, 0) is 4.84 Å². The van der Waals surface area contributed by atoms with Gasteiger partial charge in [-0.2, -0.15) is 0 Å². The molecule has 1 aliphatic carbocycles. The maximum absolute atomic E-state index is 15.0. The number of fused-ring (bicyclic) bond motifs is 2. The van der Waals surface area contributed by atoms with Crippen LogP contribution in [-0.4, -0.2) is 46.4 Å². The molecular formula is C18H19FN6O3S. The van der Waals surface area contributed by atoms with Gasteiger partial charge in [0.15, 0.2) is 11.6 Å². The van der Waals surface area contributed by atoms with E-state index in [2.05, 4.69) is 14.5 Å². The van der Waals surface area contributed by atoms with E-state index in [1.165, 1.54) is 13.2 Å². The first-order valence-electron chi connectivity index (χ1n) is 9.34. The average Bonchev–Trinajstić information content (AvgIpc) is 3.35. The fourth-order valence-electron chi connectivity index (χ4n) is 3.96. The van der Waals surface area contributed by atoms with E-state index < -0.39 is 16.8 Å². The maximum Gasteiger partial charge on any atom is 0.271 e. The van der Waals surface area contributed by atoms with Gasteiger partial charge in [0.25, 0.3) is 5.56 Å². The molecule has 29 heavy (non-hydrogen) atoms. The predicted molar refractivity (Wildman–Crippen MR) is 109 cm³/mol. The number of halogens is 1. The molecule has 1 aliphatic heterocycles. The smallest absolute Gasteiger partial charge is 0.271 e. The van der Waals surface area contributed by atoms with Crippen molar-refractivity contribution in [2.75, 3.05) is 31.6 Å². The minimum Gasteiger partial charge on any atom is -0.399 e. The van der Waals surface area contributed by atoms with Crippen LogP contribution in [0.4, 0.5) is 10.2 Å². The highest BCUT2D eigenvalue weighted by atomic mass is 32.1. The quantitative estimate of drug-likeness (QED) is 0.614. The van der Waals surface area contributed by atoms with Crippen molar-refractivity contribution < 1.29 is 9.23 Å². The van der Waals surface area contributed by atoms with Crippen molar-refractivity contribution in [3.63, 3.8) is 0 Å². The Morgan fingerprint density at radius 3 is 2.93 bits per heavy atom. The summed E-state index contributed by atoms with van der Waals surface area (Å²) in [6, 6.07) is 1.34. The Kier molecular flexibility index (Phi) is 4.17. The number of nitrogens with one attached hydrogen (secondary N) is 1. The highest BCUT2D eigenvalue weighted by Gasteiger charge is 2.33. The van der Waals surface area contributed by atoms with Crippen LogP contribution in [0.25, 0.3) is 21.3 Å². The van der Waals surface area contributed by atoms with E-state index in [1.807, 2.05) is 4.57 Å². The van der Waals surface area contributed by atoms with E-state index >= 15 is 4.39 Å².